The lowest BCUT2D eigenvalue weighted by Gasteiger charge is -2.21. The molecule has 0 bridgehead atoms. The zero-order valence-electron chi connectivity index (χ0n) is 14.2. The van der Waals surface area contributed by atoms with E-state index in [4.69, 9.17) is 5.11 Å². The summed E-state index contributed by atoms with van der Waals surface area (Å²) < 4.78 is 0. The van der Waals surface area contributed by atoms with E-state index in [0.717, 1.165) is 5.56 Å². The van der Waals surface area contributed by atoms with Crippen molar-refractivity contribution >= 4 is 17.8 Å². The van der Waals surface area contributed by atoms with Crippen LogP contribution in [-0.4, -0.2) is 40.9 Å². The van der Waals surface area contributed by atoms with E-state index in [1.54, 1.807) is 24.3 Å². The first kappa shape index (κ1) is 18.7. The van der Waals surface area contributed by atoms with Crippen LogP contribution in [0.1, 0.15) is 43.6 Å². The molecule has 23 heavy (non-hydrogen) atoms. The molecule has 1 unspecified atom stereocenters. The second kappa shape index (κ2) is 7.26. The Morgan fingerprint density at radius 2 is 1.70 bits per heavy atom. The smallest absolute Gasteiger partial charge is 0.326 e. The molecular formula is C17H24N2O4. The minimum Gasteiger partial charge on any atom is -0.480 e. The Bertz CT molecular complexity index is 588. The molecule has 0 heterocycles. The van der Waals surface area contributed by atoms with E-state index in [2.05, 4.69) is 5.32 Å². The van der Waals surface area contributed by atoms with Crippen LogP contribution >= 0.6 is 0 Å². The molecule has 2 amide bonds. The van der Waals surface area contributed by atoms with Gasteiger partial charge in [0.05, 0.1) is 0 Å². The monoisotopic (exact) mass is 320 g/mol. The number of nitrogens with one attached hydrogen (secondary N) is 1. The van der Waals surface area contributed by atoms with E-state index in [0.29, 0.717) is 12.1 Å². The van der Waals surface area contributed by atoms with E-state index < -0.39 is 17.4 Å². The highest BCUT2D eigenvalue weighted by Gasteiger charge is 2.23. The normalized spacial score (nSPS) is 12.4. The fourth-order valence-electron chi connectivity index (χ4n) is 1.76. The van der Waals surface area contributed by atoms with Crippen LogP contribution in [0.5, 0.6) is 0 Å². The Hall–Kier alpha value is -2.37. The lowest BCUT2D eigenvalue weighted by molar-refractivity contribution is -0.141. The van der Waals surface area contributed by atoms with Crippen LogP contribution in [0.15, 0.2) is 24.3 Å². The van der Waals surface area contributed by atoms with Crippen LogP contribution in [0, 0.1) is 5.41 Å². The Morgan fingerprint density at radius 1 is 1.17 bits per heavy atom. The molecule has 6 heteroatoms. The average molecular weight is 320 g/mol. The largest absolute Gasteiger partial charge is 0.480 e. The first-order valence-electron chi connectivity index (χ1n) is 7.41. The van der Waals surface area contributed by atoms with Gasteiger partial charge in [0.15, 0.2) is 0 Å². The number of carbonyl (C=O) groups excluding carboxylic acids is 2. The maximum Gasteiger partial charge on any atom is 0.326 e. The zero-order valence-corrected chi connectivity index (χ0v) is 14.2. The molecule has 0 aliphatic rings. The number of carbonyl (C=O) groups is 3. The summed E-state index contributed by atoms with van der Waals surface area (Å²) in [6.07, 6.45) is 0. The number of rotatable bonds is 5. The van der Waals surface area contributed by atoms with E-state index in [-0.39, 0.29) is 11.8 Å². The SMILES string of the molecule is CC(C(=O)O)N(C)C(=O)c1ccc(CNC(=O)C(C)(C)C)cc1. The van der Waals surface area contributed by atoms with Gasteiger partial charge in [0.2, 0.25) is 5.91 Å². The summed E-state index contributed by atoms with van der Waals surface area (Å²) in [4.78, 5) is 36.1. The Labute approximate surface area is 136 Å². The fourth-order valence-corrected chi connectivity index (χ4v) is 1.76. The third kappa shape index (κ3) is 5.09. The van der Waals surface area contributed by atoms with Gasteiger partial charge in [-0.05, 0) is 24.6 Å². The maximum absolute atomic E-state index is 12.2. The van der Waals surface area contributed by atoms with Crippen LogP contribution < -0.4 is 5.32 Å². The highest BCUT2D eigenvalue weighted by Crippen LogP contribution is 2.13. The van der Waals surface area contributed by atoms with Crippen LogP contribution in [0.2, 0.25) is 0 Å². The lowest BCUT2D eigenvalue weighted by atomic mass is 9.95. The van der Waals surface area contributed by atoms with Crippen LogP contribution in [0.25, 0.3) is 0 Å². The molecule has 0 aliphatic heterocycles. The molecule has 1 aromatic rings. The van der Waals surface area contributed by atoms with E-state index >= 15 is 0 Å². The van der Waals surface area contributed by atoms with Crippen LogP contribution in [-0.2, 0) is 16.1 Å². The number of aliphatic carboxylic acids is 1. The van der Waals surface area contributed by atoms with Crippen LogP contribution in [0.4, 0.5) is 0 Å². The number of carboxylic acid groups (broad SMARTS) is 1. The molecule has 0 aromatic heterocycles. The molecular weight excluding hydrogens is 296 g/mol. The van der Waals surface area contributed by atoms with E-state index in [1.165, 1.54) is 18.9 Å². The van der Waals surface area contributed by atoms with Crippen molar-refractivity contribution in [3.8, 4) is 0 Å². The summed E-state index contributed by atoms with van der Waals surface area (Å²) in [6.45, 7) is 7.35. The maximum atomic E-state index is 12.2. The van der Waals surface area contributed by atoms with Gasteiger partial charge in [-0.25, -0.2) is 4.79 Å². The van der Waals surface area contributed by atoms with Crippen molar-refractivity contribution in [2.75, 3.05) is 7.05 Å². The van der Waals surface area contributed by atoms with Crippen molar-refractivity contribution in [1.82, 2.24) is 10.2 Å². The van der Waals surface area contributed by atoms with Gasteiger partial charge in [0.25, 0.3) is 5.91 Å². The highest BCUT2D eigenvalue weighted by molar-refractivity contribution is 5.96. The Balaban J connectivity index is 2.71. The Morgan fingerprint density at radius 3 is 2.13 bits per heavy atom. The van der Waals surface area contributed by atoms with Gasteiger partial charge >= 0.3 is 5.97 Å². The number of likely N-dealkylation sites (N-methyl/N-ethyl adjacent to an activating group) is 1. The molecule has 0 fully saturated rings. The minimum absolute atomic E-state index is 0.0485. The van der Waals surface area contributed by atoms with Crippen molar-refractivity contribution in [2.24, 2.45) is 5.41 Å². The third-order valence-electron chi connectivity index (χ3n) is 3.59. The highest BCUT2D eigenvalue weighted by atomic mass is 16.4. The number of nitrogens with zero attached hydrogens (tertiary/aromatic N) is 1. The quantitative estimate of drug-likeness (QED) is 0.867. The van der Waals surface area contributed by atoms with Crippen molar-refractivity contribution in [3.05, 3.63) is 35.4 Å². The molecule has 0 spiro atoms. The molecule has 0 saturated heterocycles. The molecule has 0 radical (unpaired) electrons. The van der Waals surface area contributed by atoms with Gasteiger partial charge in [-0.2, -0.15) is 0 Å². The molecule has 1 aromatic carbocycles. The first-order chi connectivity index (χ1) is 10.5. The molecule has 126 valence electrons. The van der Waals surface area contributed by atoms with E-state index in [1.807, 2.05) is 20.8 Å². The molecule has 6 nitrogen and oxygen atoms in total. The minimum atomic E-state index is -1.05. The van der Waals surface area contributed by atoms with Gasteiger partial charge in [-0.1, -0.05) is 32.9 Å². The molecule has 0 saturated carbocycles. The molecule has 1 rings (SSSR count). The zero-order chi connectivity index (χ0) is 17.8. The predicted molar refractivity (Wildman–Crippen MR) is 86.9 cm³/mol. The van der Waals surface area contributed by atoms with E-state index in [9.17, 15) is 14.4 Å². The predicted octanol–water partition coefficient (Wildman–Crippen LogP) is 1.89. The number of amides is 2. The van der Waals surface area contributed by atoms with Crippen LogP contribution in [0.3, 0.4) is 0 Å². The topological polar surface area (TPSA) is 86.7 Å². The lowest BCUT2D eigenvalue weighted by Crippen LogP contribution is -2.40. The standard InChI is InChI=1S/C17H24N2O4/c1-11(15(21)22)19(5)14(20)13-8-6-12(7-9-13)10-18-16(23)17(2,3)4/h6-9,11H,10H2,1-5H3,(H,18,23)(H,21,22). The van der Waals surface area contributed by atoms with Gasteiger partial charge < -0.3 is 15.3 Å². The van der Waals surface area contributed by atoms with Gasteiger partial charge in [-0.15, -0.1) is 0 Å². The van der Waals surface area contributed by atoms with Crippen molar-refractivity contribution in [2.45, 2.75) is 40.3 Å². The summed E-state index contributed by atoms with van der Waals surface area (Å²) in [5.41, 5.74) is 0.825. The van der Waals surface area contributed by atoms with Gasteiger partial charge in [0.1, 0.15) is 6.04 Å². The average Bonchev–Trinajstić information content (AvgIpc) is 2.49. The van der Waals surface area contributed by atoms with Crippen molar-refractivity contribution in [1.29, 1.82) is 0 Å². The Kier molecular flexibility index (Phi) is 5.90. The fraction of sp³-hybridized carbons (Fsp3) is 0.471. The second-order valence-corrected chi connectivity index (χ2v) is 6.56. The molecule has 1 atom stereocenters. The summed E-state index contributed by atoms with van der Waals surface area (Å²) in [6, 6.07) is 5.86. The molecule has 2 N–H and O–H groups in total. The first-order valence-corrected chi connectivity index (χ1v) is 7.41. The summed E-state index contributed by atoms with van der Waals surface area (Å²) in [5.74, 6) is -1.46. The second-order valence-electron chi connectivity index (χ2n) is 6.56. The van der Waals surface area contributed by atoms with Crippen molar-refractivity contribution < 1.29 is 19.5 Å². The summed E-state index contributed by atoms with van der Waals surface area (Å²) >= 11 is 0. The third-order valence-corrected chi connectivity index (χ3v) is 3.59. The number of hydrogen-bond acceptors (Lipinski definition) is 3. The summed E-state index contributed by atoms with van der Waals surface area (Å²) in [7, 11) is 1.46. The summed E-state index contributed by atoms with van der Waals surface area (Å²) in [5, 5.41) is 11.8. The van der Waals surface area contributed by atoms with Gasteiger partial charge in [-0.3, -0.25) is 9.59 Å². The number of benzene rings is 1. The van der Waals surface area contributed by atoms with Gasteiger partial charge in [0, 0.05) is 24.6 Å². The van der Waals surface area contributed by atoms with Crippen molar-refractivity contribution in [3.63, 3.8) is 0 Å². The number of carboxylic acids is 1. The molecule has 0 aliphatic carbocycles. The number of hydrogen-bond donors (Lipinski definition) is 2.